The summed E-state index contributed by atoms with van der Waals surface area (Å²) >= 11 is 0. The van der Waals surface area contributed by atoms with Gasteiger partial charge in [-0.2, -0.15) is 0 Å². The number of nitrogens with zero attached hydrogens (tertiary/aromatic N) is 4. The molecule has 4 aromatic rings. The van der Waals surface area contributed by atoms with Crippen molar-refractivity contribution in [3.63, 3.8) is 0 Å². The quantitative estimate of drug-likeness (QED) is 0.295. The standard InChI is InChI=1S/C34H44N4O7/c1-26-30(21-37-8-6-35-24-37)27(2)34(28(3)31(26)22-38-9-7-36-25-38)45-23-29-4-5-32-33(20-29)44-19-17-42-15-13-40-11-10-39-12-14-41-16-18-43-32/h4-9,20,24-25H,10-19,21-23H2,1-3H3. The monoisotopic (exact) mass is 620 g/mol. The molecule has 1 aliphatic rings. The van der Waals surface area contributed by atoms with E-state index in [0.29, 0.717) is 97.3 Å². The van der Waals surface area contributed by atoms with Crippen molar-refractivity contribution in [3.05, 3.63) is 89.0 Å². The summed E-state index contributed by atoms with van der Waals surface area (Å²) < 4.78 is 45.3. The first-order valence-electron chi connectivity index (χ1n) is 15.5. The number of aromatic nitrogens is 4. The van der Waals surface area contributed by atoms with Gasteiger partial charge in [0.15, 0.2) is 11.5 Å². The average molecular weight is 621 g/mol. The maximum absolute atomic E-state index is 6.62. The lowest BCUT2D eigenvalue weighted by atomic mass is 9.91. The zero-order valence-electron chi connectivity index (χ0n) is 26.5. The molecule has 2 aromatic heterocycles. The van der Waals surface area contributed by atoms with Crippen LogP contribution < -0.4 is 14.2 Å². The summed E-state index contributed by atoms with van der Waals surface area (Å²) in [4.78, 5) is 8.48. The van der Waals surface area contributed by atoms with Gasteiger partial charge in [0.2, 0.25) is 0 Å². The number of hydrogen-bond acceptors (Lipinski definition) is 9. The molecule has 0 aliphatic carbocycles. The van der Waals surface area contributed by atoms with Gasteiger partial charge in [-0.25, -0.2) is 9.97 Å². The van der Waals surface area contributed by atoms with Crippen molar-refractivity contribution < 1.29 is 33.2 Å². The summed E-state index contributed by atoms with van der Waals surface area (Å²) in [6.07, 6.45) is 11.3. The van der Waals surface area contributed by atoms with Gasteiger partial charge < -0.3 is 42.3 Å². The molecule has 2 aromatic carbocycles. The molecule has 242 valence electrons. The first-order chi connectivity index (χ1) is 22.1. The van der Waals surface area contributed by atoms with Gasteiger partial charge in [-0.1, -0.05) is 6.07 Å². The molecule has 3 heterocycles. The topological polar surface area (TPSA) is 100 Å². The zero-order valence-corrected chi connectivity index (χ0v) is 26.5. The van der Waals surface area contributed by atoms with E-state index in [4.69, 9.17) is 33.2 Å². The van der Waals surface area contributed by atoms with Crippen LogP contribution in [0.3, 0.4) is 0 Å². The van der Waals surface area contributed by atoms with E-state index in [-0.39, 0.29) is 0 Å². The Morgan fingerprint density at radius 3 is 1.60 bits per heavy atom. The fourth-order valence-electron chi connectivity index (χ4n) is 5.33. The van der Waals surface area contributed by atoms with Gasteiger partial charge in [0.1, 0.15) is 25.6 Å². The number of fused-ring (bicyclic) bond motifs is 1. The lowest BCUT2D eigenvalue weighted by Crippen LogP contribution is -2.16. The highest BCUT2D eigenvalue weighted by Crippen LogP contribution is 2.35. The third kappa shape index (κ3) is 9.30. The second kappa shape index (κ2) is 17.0. The van der Waals surface area contributed by atoms with E-state index < -0.39 is 0 Å². The van der Waals surface area contributed by atoms with Crippen molar-refractivity contribution in [2.24, 2.45) is 0 Å². The lowest BCUT2D eigenvalue weighted by Gasteiger charge is -2.23. The van der Waals surface area contributed by atoms with Gasteiger partial charge in [-0.15, -0.1) is 0 Å². The Morgan fingerprint density at radius 1 is 0.622 bits per heavy atom. The van der Waals surface area contributed by atoms with Crippen LogP contribution in [0.4, 0.5) is 0 Å². The van der Waals surface area contributed by atoms with Crippen LogP contribution in [0.25, 0.3) is 0 Å². The van der Waals surface area contributed by atoms with Crippen LogP contribution in [0.5, 0.6) is 17.2 Å². The molecule has 0 N–H and O–H groups in total. The first kappa shape index (κ1) is 32.5. The maximum Gasteiger partial charge on any atom is 0.161 e. The van der Waals surface area contributed by atoms with Crippen LogP contribution >= 0.6 is 0 Å². The highest BCUT2D eigenvalue weighted by atomic mass is 16.6. The van der Waals surface area contributed by atoms with Crippen LogP contribution in [0, 0.1) is 20.8 Å². The molecule has 0 bridgehead atoms. The average Bonchev–Trinajstić information content (AvgIpc) is 3.76. The molecule has 11 heteroatoms. The molecule has 0 saturated heterocycles. The van der Waals surface area contributed by atoms with Gasteiger partial charge in [0, 0.05) is 37.9 Å². The minimum Gasteiger partial charge on any atom is -0.488 e. The van der Waals surface area contributed by atoms with Crippen LogP contribution in [-0.2, 0) is 38.6 Å². The zero-order chi connectivity index (χ0) is 31.3. The molecule has 0 atom stereocenters. The molecule has 11 nitrogen and oxygen atoms in total. The molecule has 0 amide bonds. The van der Waals surface area contributed by atoms with Crippen molar-refractivity contribution >= 4 is 0 Å². The van der Waals surface area contributed by atoms with Crippen molar-refractivity contribution in [1.82, 2.24) is 19.1 Å². The van der Waals surface area contributed by atoms with E-state index in [2.05, 4.69) is 39.9 Å². The van der Waals surface area contributed by atoms with Crippen LogP contribution in [0.2, 0.25) is 0 Å². The highest BCUT2D eigenvalue weighted by molar-refractivity contribution is 5.55. The van der Waals surface area contributed by atoms with Crippen molar-refractivity contribution in [3.8, 4) is 17.2 Å². The van der Waals surface area contributed by atoms with Crippen molar-refractivity contribution in [1.29, 1.82) is 0 Å². The fourth-order valence-corrected chi connectivity index (χ4v) is 5.33. The Labute approximate surface area is 265 Å². The molecular formula is C34H44N4O7. The molecule has 0 radical (unpaired) electrons. The summed E-state index contributed by atoms with van der Waals surface area (Å²) in [6.45, 7) is 13.0. The van der Waals surface area contributed by atoms with E-state index in [9.17, 15) is 0 Å². The van der Waals surface area contributed by atoms with Gasteiger partial charge in [0.05, 0.1) is 65.5 Å². The van der Waals surface area contributed by atoms with E-state index >= 15 is 0 Å². The Kier molecular flexibility index (Phi) is 12.3. The van der Waals surface area contributed by atoms with E-state index in [1.807, 2.05) is 43.2 Å². The summed E-state index contributed by atoms with van der Waals surface area (Å²) in [5.41, 5.74) is 6.91. The summed E-state index contributed by atoms with van der Waals surface area (Å²) in [5.74, 6) is 2.17. The Morgan fingerprint density at radius 2 is 1.11 bits per heavy atom. The van der Waals surface area contributed by atoms with Crippen molar-refractivity contribution in [2.75, 3.05) is 66.1 Å². The smallest absolute Gasteiger partial charge is 0.161 e. The molecule has 5 rings (SSSR count). The minimum absolute atomic E-state index is 0.368. The molecular weight excluding hydrogens is 576 g/mol. The third-order valence-electron chi connectivity index (χ3n) is 7.77. The van der Waals surface area contributed by atoms with Gasteiger partial charge in [-0.3, -0.25) is 0 Å². The summed E-state index contributed by atoms with van der Waals surface area (Å²) in [6, 6.07) is 5.91. The van der Waals surface area contributed by atoms with E-state index in [0.717, 1.165) is 22.4 Å². The third-order valence-corrected chi connectivity index (χ3v) is 7.77. The normalized spacial score (nSPS) is 15.7. The predicted octanol–water partition coefficient (Wildman–Crippen LogP) is 4.52. The summed E-state index contributed by atoms with van der Waals surface area (Å²) in [7, 11) is 0. The van der Waals surface area contributed by atoms with Crippen LogP contribution in [-0.4, -0.2) is 85.2 Å². The SMILES string of the molecule is Cc1c(Cn2ccnc2)c(C)c(OCc2ccc3c(c2)OCCOCCOCCOCCOCCO3)c(C)c1Cn1ccnc1. The molecule has 0 unspecified atom stereocenters. The van der Waals surface area contributed by atoms with Crippen LogP contribution in [0.1, 0.15) is 33.4 Å². The molecule has 0 fully saturated rings. The highest BCUT2D eigenvalue weighted by Gasteiger charge is 2.19. The molecule has 45 heavy (non-hydrogen) atoms. The fraction of sp³-hybridized carbons (Fsp3) is 0.471. The molecule has 0 spiro atoms. The Balaban J connectivity index is 1.34. The number of ether oxygens (including phenoxy) is 7. The maximum atomic E-state index is 6.62. The minimum atomic E-state index is 0.368. The lowest BCUT2D eigenvalue weighted by molar-refractivity contribution is -0.00842. The first-order valence-corrected chi connectivity index (χ1v) is 15.5. The van der Waals surface area contributed by atoms with Crippen LogP contribution in [0.15, 0.2) is 55.6 Å². The predicted molar refractivity (Wildman–Crippen MR) is 168 cm³/mol. The van der Waals surface area contributed by atoms with Gasteiger partial charge >= 0.3 is 0 Å². The Bertz CT molecular complexity index is 1390. The number of hydrogen-bond donors (Lipinski definition) is 0. The Hall–Kier alpha value is -3.90. The number of rotatable bonds is 7. The number of benzene rings is 2. The molecule has 1 aliphatic heterocycles. The van der Waals surface area contributed by atoms with Gasteiger partial charge in [-0.05, 0) is 66.3 Å². The second-order valence-electron chi connectivity index (χ2n) is 10.8. The second-order valence-corrected chi connectivity index (χ2v) is 10.8. The van der Waals surface area contributed by atoms with E-state index in [1.54, 1.807) is 12.4 Å². The largest absolute Gasteiger partial charge is 0.488 e. The number of imidazole rings is 2. The van der Waals surface area contributed by atoms with E-state index in [1.165, 1.54) is 16.7 Å². The van der Waals surface area contributed by atoms with Gasteiger partial charge in [0.25, 0.3) is 0 Å². The summed E-state index contributed by atoms with van der Waals surface area (Å²) in [5, 5.41) is 0. The van der Waals surface area contributed by atoms with Crippen molar-refractivity contribution in [2.45, 2.75) is 40.5 Å². The molecule has 0 saturated carbocycles.